The van der Waals surface area contributed by atoms with Crippen LogP contribution in [0.25, 0.3) is 64.6 Å². The normalized spacial score (nSPS) is 11.8. The first-order valence-electron chi connectivity index (χ1n) is 22.3. The second kappa shape index (κ2) is 17.6. The van der Waals surface area contributed by atoms with Crippen molar-refractivity contribution in [3.05, 3.63) is 179 Å². The summed E-state index contributed by atoms with van der Waals surface area (Å²) in [7, 11) is 0. The molecule has 0 atom stereocenters. The standard InChI is InChI=1S/C52H42N8O10/c53-41-33-35(47(63)31-27(45(33)61)15-7-17-29(31)57-25-11-3-1-4-12-25)43(55)39-37(41)49(65)59(51(39)67)19-9-21-69-23-24-70-22-10-20-60-50(66)38-40(52(60)68)44(56)36-34(42(38)54)46(62)28-16-8-18-30(32(28)48(36)64)58-26-13-5-2-6-14-26/h1-8,11-18,57-58H,9-10,19-24,53-56H2. The second-order valence-corrected chi connectivity index (χ2v) is 16.9. The molecule has 10 N–H and O–H groups in total. The van der Waals surface area contributed by atoms with E-state index in [1.54, 1.807) is 48.5 Å². The minimum atomic E-state index is -0.752. The molecule has 18 nitrogen and oxygen atoms in total. The van der Waals surface area contributed by atoms with Gasteiger partial charge < -0.3 is 43.0 Å². The van der Waals surface area contributed by atoms with Crippen molar-refractivity contribution in [2.45, 2.75) is 25.9 Å². The Balaban J connectivity index is 0.795. The maximum atomic E-state index is 14.1. The third-order valence-electron chi connectivity index (χ3n) is 12.8. The maximum Gasteiger partial charge on any atom is 0.263 e. The van der Waals surface area contributed by atoms with Crippen LogP contribution < -0.4 is 77.5 Å². The number of nitrogens with one attached hydrogen (secondary N) is 2. The number of nitrogens with two attached hydrogens (primary N) is 4. The van der Waals surface area contributed by atoms with Gasteiger partial charge in [0.05, 0.1) is 101 Å². The average Bonchev–Trinajstić information content (AvgIpc) is 3.76. The van der Waals surface area contributed by atoms with Crippen molar-refractivity contribution in [1.29, 1.82) is 0 Å². The lowest BCUT2D eigenvalue weighted by molar-refractivity contribution is 0.0439. The van der Waals surface area contributed by atoms with Crippen LogP contribution in [0.2, 0.25) is 0 Å². The Hall–Kier alpha value is -9.00. The Labute approximate surface area is 392 Å². The quantitative estimate of drug-likeness (QED) is 0.0364. The number of rotatable bonds is 15. The Bertz CT molecular complexity index is 3980. The number of nitrogens with zero attached hydrogens (tertiary/aromatic N) is 2. The van der Waals surface area contributed by atoms with E-state index >= 15 is 0 Å². The van der Waals surface area contributed by atoms with Crippen molar-refractivity contribution in [1.82, 2.24) is 9.13 Å². The van der Waals surface area contributed by atoms with Crippen molar-refractivity contribution in [2.24, 2.45) is 0 Å². The van der Waals surface area contributed by atoms with Crippen LogP contribution in [0.3, 0.4) is 0 Å². The molecule has 0 bridgehead atoms. The van der Waals surface area contributed by atoms with Gasteiger partial charge in [-0.2, -0.15) is 0 Å². The fourth-order valence-electron chi connectivity index (χ4n) is 9.57. The summed E-state index contributed by atoms with van der Waals surface area (Å²) < 4.78 is 13.3. The Morgan fingerprint density at radius 2 is 0.686 bits per heavy atom. The van der Waals surface area contributed by atoms with Gasteiger partial charge in [-0.1, -0.05) is 60.7 Å². The molecule has 70 heavy (non-hydrogen) atoms. The smallest absolute Gasteiger partial charge is 0.263 e. The lowest BCUT2D eigenvalue weighted by Crippen LogP contribution is -2.26. The minimum Gasteiger partial charge on any atom is -0.397 e. The van der Waals surface area contributed by atoms with Gasteiger partial charge in [0.2, 0.25) is 0 Å². The number of ether oxygens (including phenoxy) is 2. The summed E-state index contributed by atoms with van der Waals surface area (Å²) in [5.74, 6) is 0. The number of hydrogen-bond donors (Lipinski definition) is 6. The summed E-state index contributed by atoms with van der Waals surface area (Å²) >= 11 is 0. The van der Waals surface area contributed by atoms with E-state index in [-0.39, 0.29) is 140 Å². The van der Waals surface area contributed by atoms with Crippen LogP contribution in [0.15, 0.2) is 135 Å². The summed E-state index contributed by atoms with van der Waals surface area (Å²) in [4.78, 5) is 111. The number of benzene rings is 8. The van der Waals surface area contributed by atoms with E-state index in [4.69, 9.17) is 32.4 Å². The van der Waals surface area contributed by atoms with Gasteiger partial charge in [-0.05, 0) is 49.2 Å². The van der Waals surface area contributed by atoms with Crippen LogP contribution in [-0.4, -0.2) is 35.6 Å². The van der Waals surface area contributed by atoms with Crippen LogP contribution in [-0.2, 0) is 22.6 Å². The van der Waals surface area contributed by atoms with E-state index in [1.165, 1.54) is 12.1 Å². The first-order chi connectivity index (χ1) is 33.8. The third-order valence-corrected chi connectivity index (χ3v) is 12.8. The highest BCUT2D eigenvalue weighted by atomic mass is 16.5. The SMILES string of the molecule is Nc1c2c(=O)c3cccc(Nc4ccccc4)c3c(=O)c2c(N)c2c(=O)n(CCCOCCOCCCn3c(=O)c4c(N)c5c(=O)c6cccc(Nc7ccccc7)c6c(=O)c5c(N)c4c3=O)c(=O)c12. The Morgan fingerprint density at radius 3 is 1.03 bits per heavy atom. The van der Waals surface area contributed by atoms with Gasteiger partial charge in [0.25, 0.3) is 22.2 Å². The average molecular weight is 939 g/mol. The van der Waals surface area contributed by atoms with E-state index < -0.39 is 44.0 Å². The number of anilines is 8. The molecule has 0 saturated carbocycles. The van der Waals surface area contributed by atoms with Crippen molar-refractivity contribution in [3.63, 3.8) is 0 Å². The van der Waals surface area contributed by atoms with E-state index in [1.807, 2.05) is 36.4 Å². The molecule has 350 valence electrons. The van der Waals surface area contributed by atoms with E-state index in [2.05, 4.69) is 10.6 Å². The van der Waals surface area contributed by atoms with Gasteiger partial charge in [-0.3, -0.25) is 47.5 Å². The van der Waals surface area contributed by atoms with Crippen molar-refractivity contribution < 1.29 is 9.47 Å². The van der Waals surface area contributed by atoms with E-state index in [0.717, 1.165) is 9.13 Å². The highest BCUT2D eigenvalue weighted by molar-refractivity contribution is 6.23. The zero-order chi connectivity index (χ0) is 49.1. The zero-order valence-electron chi connectivity index (χ0n) is 37.2. The molecule has 2 heterocycles. The Morgan fingerprint density at radius 1 is 0.357 bits per heavy atom. The molecule has 18 heteroatoms. The fourth-order valence-corrected chi connectivity index (χ4v) is 9.57. The van der Waals surface area contributed by atoms with Gasteiger partial charge >= 0.3 is 0 Å². The highest BCUT2D eigenvalue weighted by Crippen LogP contribution is 2.35. The number of para-hydroxylation sites is 2. The van der Waals surface area contributed by atoms with Crippen LogP contribution >= 0.6 is 0 Å². The molecule has 0 fully saturated rings. The number of fused-ring (bicyclic) bond motifs is 6. The van der Waals surface area contributed by atoms with Crippen molar-refractivity contribution in [3.8, 4) is 0 Å². The summed E-state index contributed by atoms with van der Waals surface area (Å²) in [6, 6.07) is 27.6. The van der Waals surface area contributed by atoms with Gasteiger partial charge in [0, 0.05) is 48.5 Å². The summed E-state index contributed by atoms with van der Waals surface area (Å²) in [5.41, 5.74) is 21.3. The molecule has 0 saturated heterocycles. The van der Waals surface area contributed by atoms with Crippen LogP contribution in [0.4, 0.5) is 45.5 Å². The van der Waals surface area contributed by atoms with Crippen LogP contribution in [0.1, 0.15) is 12.8 Å². The van der Waals surface area contributed by atoms with Crippen LogP contribution in [0.5, 0.6) is 0 Å². The van der Waals surface area contributed by atoms with Gasteiger partial charge in [-0.15, -0.1) is 0 Å². The third kappa shape index (κ3) is 7.03. The number of hydrogen-bond acceptors (Lipinski definition) is 16. The lowest BCUT2D eigenvalue weighted by atomic mass is 9.96. The predicted octanol–water partition coefficient (Wildman–Crippen LogP) is 4.17. The number of aromatic nitrogens is 2. The van der Waals surface area contributed by atoms with Gasteiger partial charge in [0.15, 0.2) is 21.7 Å². The fraction of sp³-hybridized carbons (Fsp3) is 0.154. The number of nitrogen functional groups attached to an aromatic ring is 4. The molecule has 8 aromatic carbocycles. The summed E-state index contributed by atoms with van der Waals surface area (Å²) in [6.07, 6.45) is 0.431. The highest BCUT2D eigenvalue weighted by Gasteiger charge is 2.28. The molecular weight excluding hydrogens is 897 g/mol. The molecule has 0 radical (unpaired) electrons. The van der Waals surface area contributed by atoms with E-state index in [0.29, 0.717) is 22.7 Å². The van der Waals surface area contributed by atoms with Crippen molar-refractivity contribution in [2.75, 3.05) is 60.0 Å². The molecule has 10 rings (SSSR count). The summed E-state index contributed by atoms with van der Waals surface area (Å²) in [6.45, 7) is 0.321. The largest absolute Gasteiger partial charge is 0.397 e. The molecular formula is C52H42N8O10. The molecule has 0 spiro atoms. The monoisotopic (exact) mass is 938 g/mol. The van der Waals surface area contributed by atoms with Crippen LogP contribution in [0, 0.1) is 0 Å². The topological polar surface area (TPSA) is 293 Å². The molecule has 0 amide bonds. The zero-order valence-corrected chi connectivity index (χ0v) is 37.2. The summed E-state index contributed by atoms with van der Waals surface area (Å²) in [5, 5.41) is 4.81. The maximum absolute atomic E-state index is 14.1. The first-order valence-corrected chi connectivity index (χ1v) is 22.3. The molecule has 2 aromatic heterocycles. The molecule has 10 aromatic rings. The second-order valence-electron chi connectivity index (χ2n) is 16.9. The van der Waals surface area contributed by atoms with Gasteiger partial charge in [0.1, 0.15) is 0 Å². The predicted molar refractivity (Wildman–Crippen MR) is 277 cm³/mol. The Kier molecular flexibility index (Phi) is 11.3. The minimum absolute atomic E-state index is 0.0694. The molecule has 0 aliphatic rings. The molecule has 0 unspecified atom stereocenters. The van der Waals surface area contributed by atoms with E-state index in [9.17, 15) is 38.4 Å². The lowest BCUT2D eigenvalue weighted by Gasteiger charge is -2.12. The first kappa shape index (κ1) is 44.8. The van der Waals surface area contributed by atoms with Crippen molar-refractivity contribution >= 4 is 110 Å². The molecule has 0 aliphatic carbocycles. The van der Waals surface area contributed by atoms with Gasteiger partial charge in [-0.25, -0.2) is 0 Å². The molecule has 0 aliphatic heterocycles.